The smallest absolute Gasteiger partial charge is 0.0965 e. The number of nitrogens with zero attached hydrogens (tertiary/aromatic N) is 1. The van der Waals surface area contributed by atoms with Crippen LogP contribution in [0.3, 0.4) is 0 Å². The summed E-state index contributed by atoms with van der Waals surface area (Å²) in [6.07, 6.45) is 7.31. The molecular weight excluding hydrogens is 242 g/mol. The van der Waals surface area contributed by atoms with E-state index in [1.165, 1.54) is 30.7 Å². The van der Waals surface area contributed by atoms with Crippen molar-refractivity contribution in [2.24, 2.45) is 17.6 Å². The number of rotatable bonds is 6. The third-order valence-electron chi connectivity index (χ3n) is 4.10. The Bertz CT molecular complexity index is 326. The van der Waals surface area contributed by atoms with E-state index in [2.05, 4.69) is 22.6 Å². The van der Waals surface area contributed by atoms with Gasteiger partial charge in [-0.3, -0.25) is 0 Å². The molecule has 1 aliphatic carbocycles. The summed E-state index contributed by atoms with van der Waals surface area (Å²) in [6, 6.07) is 0. The Morgan fingerprint density at radius 2 is 2.22 bits per heavy atom. The van der Waals surface area contributed by atoms with Crippen molar-refractivity contribution in [3.63, 3.8) is 0 Å². The molecule has 0 amide bonds. The van der Waals surface area contributed by atoms with Gasteiger partial charge in [0.25, 0.3) is 0 Å². The van der Waals surface area contributed by atoms with Crippen LogP contribution in [0.4, 0.5) is 0 Å². The Hall–Kier alpha value is -0.450. The number of hydrogen-bond donors (Lipinski definition) is 2. The zero-order valence-corrected chi connectivity index (χ0v) is 12.1. The number of nitrogens with two attached hydrogens (primary N) is 1. The zero-order chi connectivity index (χ0) is 12.8. The molecule has 3 nitrogen and oxygen atoms in total. The SMILES string of the molecule is CC(CNCC1CCCCC1CN)c1nccs1. The van der Waals surface area contributed by atoms with Crippen molar-refractivity contribution in [1.29, 1.82) is 0 Å². The first-order valence-electron chi connectivity index (χ1n) is 7.11. The summed E-state index contributed by atoms with van der Waals surface area (Å²) in [5.41, 5.74) is 5.87. The molecule has 3 unspecified atom stereocenters. The van der Waals surface area contributed by atoms with Crippen molar-refractivity contribution < 1.29 is 0 Å². The lowest BCUT2D eigenvalue weighted by Crippen LogP contribution is -2.35. The van der Waals surface area contributed by atoms with Gasteiger partial charge in [-0.15, -0.1) is 11.3 Å². The maximum absolute atomic E-state index is 5.87. The molecule has 0 bridgehead atoms. The molecule has 1 saturated carbocycles. The Morgan fingerprint density at radius 3 is 2.89 bits per heavy atom. The van der Waals surface area contributed by atoms with Crippen LogP contribution in [0.15, 0.2) is 11.6 Å². The Morgan fingerprint density at radius 1 is 1.44 bits per heavy atom. The number of thiazole rings is 1. The Kier molecular flexibility index (Phi) is 5.60. The van der Waals surface area contributed by atoms with E-state index in [1.807, 2.05) is 6.20 Å². The molecule has 0 saturated heterocycles. The van der Waals surface area contributed by atoms with E-state index >= 15 is 0 Å². The standard InChI is InChI=1S/C14H25N3S/c1-11(14-17-6-7-18-14)9-16-10-13-5-3-2-4-12(13)8-15/h6-7,11-13,16H,2-5,8-10,15H2,1H3. The Labute approximate surface area is 114 Å². The summed E-state index contributed by atoms with van der Waals surface area (Å²) in [5, 5.41) is 6.91. The highest BCUT2D eigenvalue weighted by molar-refractivity contribution is 7.09. The van der Waals surface area contributed by atoms with Gasteiger partial charge in [-0.1, -0.05) is 19.8 Å². The van der Waals surface area contributed by atoms with Crippen LogP contribution in [0, 0.1) is 11.8 Å². The van der Waals surface area contributed by atoms with Gasteiger partial charge in [-0.2, -0.15) is 0 Å². The predicted molar refractivity (Wildman–Crippen MR) is 77.9 cm³/mol. The fourth-order valence-electron chi connectivity index (χ4n) is 2.91. The van der Waals surface area contributed by atoms with Crippen molar-refractivity contribution in [3.05, 3.63) is 16.6 Å². The second-order valence-corrected chi connectivity index (χ2v) is 6.40. The van der Waals surface area contributed by atoms with Gasteiger partial charge in [-0.25, -0.2) is 4.98 Å². The molecule has 3 N–H and O–H groups in total. The molecule has 4 heteroatoms. The number of aromatic nitrogens is 1. The first-order chi connectivity index (χ1) is 8.81. The molecule has 2 rings (SSSR count). The quantitative estimate of drug-likeness (QED) is 0.833. The van der Waals surface area contributed by atoms with E-state index in [-0.39, 0.29) is 0 Å². The van der Waals surface area contributed by atoms with Crippen LogP contribution in [0.1, 0.15) is 43.5 Å². The van der Waals surface area contributed by atoms with Gasteiger partial charge in [-0.05, 0) is 37.8 Å². The third-order valence-corrected chi connectivity index (χ3v) is 5.11. The topological polar surface area (TPSA) is 50.9 Å². The van der Waals surface area contributed by atoms with E-state index in [4.69, 9.17) is 5.73 Å². The summed E-state index contributed by atoms with van der Waals surface area (Å²) >= 11 is 1.75. The predicted octanol–water partition coefficient (Wildman–Crippen LogP) is 2.60. The largest absolute Gasteiger partial charge is 0.330 e. The normalized spacial score (nSPS) is 26.1. The molecule has 3 atom stereocenters. The van der Waals surface area contributed by atoms with E-state index < -0.39 is 0 Å². The molecule has 0 aliphatic heterocycles. The molecule has 0 spiro atoms. The lowest BCUT2D eigenvalue weighted by atomic mass is 9.79. The lowest BCUT2D eigenvalue weighted by Gasteiger charge is -2.31. The second-order valence-electron chi connectivity index (χ2n) is 5.47. The van der Waals surface area contributed by atoms with Crippen molar-refractivity contribution in [1.82, 2.24) is 10.3 Å². The molecule has 1 fully saturated rings. The molecule has 102 valence electrons. The second kappa shape index (κ2) is 7.22. The van der Waals surface area contributed by atoms with Gasteiger partial charge >= 0.3 is 0 Å². The maximum Gasteiger partial charge on any atom is 0.0965 e. The van der Waals surface area contributed by atoms with Crippen LogP contribution in [0.2, 0.25) is 0 Å². The highest BCUT2D eigenvalue weighted by Crippen LogP contribution is 2.28. The van der Waals surface area contributed by atoms with Crippen LogP contribution in [-0.2, 0) is 0 Å². The van der Waals surface area contributed by atoms with E-state index in [1.54, 1.807) is 11.3 Å². The molecule has 1 aromatic heterocycles. The van der Waals surface area contributed by atoms with Crippen molar-refractivity contribution in [3.8, 4) is 0 Å². The van der Waals surface area contributed by atoms with Crippen molar-refractivity contribution in [2.75, 3.05) is 19.6 Å². The average molecular weight is 267 g/mol. The molecule has 0 aromatic carbocycles. The first kappa shape index (κ1) is 14.0. The van der Waals surface area contributed by atoms with E-state index in [9.17, 15) is 0 Å². The maximum atomic E-state index is 5.87. The van der Waals surface area contributed by atoms with Gasteiger partial charge in [0.1, 0.15) is 0 Å². The zero-order valence-electron chi connectivity index (χ0n) is 11.3. The molecule has 1 aromatic rings. The fourth-order valence-corrected chi connectivity index (χ4v) is 3.61. The summed E-state index contributed by atoms with van der Waals surface area (Å²) in [6.45, 7) is 5.25. The average Bonchev–Trinajstić information content (AvgIpc) is 2.93. The highest BCUT2D eigenvalue weighted by atomic mass is 32.1. The summed E-state index contributed by atoms with van der Waals surface area (Å²) < 4.78 is 0. The lowest BCUT2D eigenvalue weighted by molar-refractivity contribution is 0.235. The fraction of sp³-hybridized carbons (Fsp3) is 0.786. The minimum atomic E-state index is 0.518. The van der Waals surface area contributed by atoms with Gasteiger partial charge < -0.3 is 11.1 Å². The van der Waals surface area contributed by atoms with Crippen LogP contribution in [0.25, 0.3) is 0 Å². The molecular formula is C14H25N3S. The summed E-state index contributed by atoms with van der Waals surface area (Å²) in [7, 11) is 0. The van der Waals surface area contributed by atoms with Crippen molar-refractivity contribution in [2.45, 2.75) is 38.5 Å². The highest BCUT2D eigenvalue weighted by Gasteiger charge is 2.23. The number of hydrogen-bond acceptors (Lipinski definition) is 4. The van der Waals surface area contributed by atoms with Crippen molar-refractivity contribution >= 4 is 11.3 Å². The monoisotopic (exact) mass is 267 g/mol. The van der Waals surface area contributed by atoms with Gasteiger partial charge in [0.05, 0.1) is 5.01 Å². The molecule has 1 aliphatic rings. The molecule has 18 heavy (non-hydrogen) atoms. The van der Waals surface area contributed by atoms with Gasteiger partial charge in [0.15, 0.2) is 0 Å². The minimum absolute atomic E-state index is 0.518. The van der Waals surface area contributed by atoms with Crippen LogP contribution in [0.5, 0.6) is 0 Å². The van der Waals surface area contributed by atoms with E-state index in [0.717, 1.165) is 31.5 Å². The summed E-state index contributed by atoms with van der Waals surface area (Å²) in [5.74, 6) is 2.04. The molecule has 0 radical (unpaired) electrons. The van der Waals surface area contributed by atoms with Crippen LogP contribution >= 0.6 is 11.3 Å². The first-order valence-corrected chi connectivity index (χ1v) is 7.99. The number of nitrogens with one attached hydrogen (secondary N) is 1. The van der Waals surface area contributed by atoms with Gasteiger partial charge in [0, 0.05) is 24.0 Å². The van der Waals surface area contributed by atoms with Crippen LogP contribution in [-0.4, -0.2) is 24.6 Å². The van der Waals surface area contributed by atoms with Crippen LogP contribution < -0.4 is 11.1 Å². The minimum Gasteiger partial charge on any atom is -0.330 e. The Balaban J connectivity index is 1.71. The van der Waals surface area contributed by atoms with E-state index in [0.29, 0.717) is 5.92 Å². The third kappa shape index (κ3) is 3.77. The molecule has 1 heterocycles. The summed E-state index contributed by atoms with van der Waals surface area (Å²) in [4.78, 5) is 4.37. The van der Waals surface area contributed by atoms with Gasteiger partial charge in [0.2, 0.25) is 0 Å².